The lowest BCUT2D eigenvalue weighted by molar-refractivity contribution is 0.596. The number of hydrogen-bond donors (Lipinski definition) is 0. The van der Waals surface area contributed by atoms with E-state index in [0.29, 0.717) is 5.92 Å². The summed E-state index contributed by atoms with van der Waals surface area (Å²) in [7, 11) is 0. The Balaban J connectivity index is 1.66. The molecule has 176 valence electrons. The number of aromatic nitrogens is 1. The predicted molar refractivity (Wildman–Crippen MR) is 152 cm³/mol. The van der Waals surface area contributed by atoms with Gasteiger partial charge in [-0.25, -0.2) is 0 Å². The van der Waals surface area contributed by atoms with Crippen LogP contribution in [0.5, 0.6) is 0 Å². The van der Waals surface area contributed by atoms with Crippen LogP contribution < -0.4 is 0 Å². The highest BCUT2D eigenvalue weighted by Crippen LogP contribution is 2.44. The summed E-state index contributed by atoms with van der Waals surface area (Å²) in [5.41, 5.74) is 6.75. The van der Waals surface area contributed by atoms with E-state index in [0.717, 1.165) is 39.6 Å². The minimum Gasteiger partial charge on any atom is -0.455 e. The highest BCUT2D eigenvalue weighted by molar-refractivity contribution is 7.19. The van der Waals surface area contributed by atoms with Crippen molar-refractivity contribution in [2.45, 2.75) is 53.4 Å². The number of furan rings is 1. The summed E-state index contributed by atoms with van der Waals surface area (Å²) in [6, 6.07) is 19.8. The average molecular weight is 478 g/mol. The van der Waals surface area contributed by atoms with Gasteiger partial charge in [0.1, 0.15) is 11.2 Å². The molecule has 3 heterocycles. The van der Waals surface area contributed by atoms with Crippen LogP contribution in [0.3, 0.4) is 0 Å². The first kappa shape index (κ1) is 22.3. The fourth-order valence-electron chi connectivity index (χ4n) is 5.41. The quantitative estimate of drug-likeness (QED) is 0.253. The van der Waals surface area contributed by atoms with Gasteiger partial charge >= 0.3 is 0 Å². The molecule has 2 nitrogen and oxygen atoms in total. The maximum absolute atomic E-state index is 6.58. The van der Waals surface area contributed by atoms with Crippen molar-refractivity contribution in [2.75, 3.05) is 0 Å². The van der Waals surface area contributed by atoms with Crippen LogP contribution in [0.1, 0.15) is 50.6 Å². The molecule has 0 aliphatic carbocycles. The van der Waals surface area contributed by atoms with Gasteiger partial charge < -0.3 is 4.42 Å². The molecule has 0 atom stereocenters. The van der Waals surface area contributed by atoms with Crippen LogP contribution in [0.4, 0.5) is 0 Å². The van der Waals surface area contributed by atoms with Crippen molar-refractivity contribution >= 4 is 54.1 Å². The first-order valence-corrected chi connectivity index (χ1v) is 13.3. The molecule has 3 aromatic heterocycles. The van der Waals surface area contributed by atoms with Gasteiger partial charge in [-0.1, -0.05) is 58.9 Å². The van der Waals surface area contributed by atoms with Gasteiger partial charge in [-0.05, 0) is 76.9 Å². The molecule has 0 aliphatic rings. The molecule has 3 heteroatoms. The van der Waals surface area contributed by atoms with E-state index in [2.05, 4.69) is 90.1 Å². The maximum Gasteiger partial charge on any atom is 0.144 e. The zero-order valence-electron chi connectivity index (χ0n) is 21.3. The number of fused-ring (bicyclic) bond motifs is 6. The van der Waals surface area contributed by atoms with Gasteiger partial charge in [0.15, 0.2) is 0 Å². The Kier molecular flexibility index (Phi) is 5.05. The van der Waals surface area contributed by atoms with E-state index in [4.69, 9.17) is 9.40 Å². The van der Waals surface area contributed by atoms with Gasteiger partial charge in [0, 0.05) is 32.1 Å². The van der Waals surface area contributed by atoms with Gasteiger partial charge in [0.2, 0.25) is 0 Å². The van der Waals surface area contributed by atoms with Crippen molar-refractivity contribution in [1.29, 1.82) is 0 Å². The predicted octanol–water partition coefficient (Wildman–Crippen LogP) is 9.82. The van der Waals surface area contributed by atoms with E-state index in [1.165, 1.54) is 36.9 Å². The molecule has 0 N–H and O–H groups in total. The topological polar surface area (TPSA) is 26.0 Å². The number of aryl methyl sites for hydroxylation is 1. The molecule has 0 saturated carbocycles. The Labute approximate surface area is 210 Å². The minimum absolute atomic E-state index is 0.0226. The van der Waals surface area contributed by atoms with E-state index in [1.807, 2.05) is 23.6 Å². The average Bonchev–Trinajstić information content (AvgIpc) is 3.34. The van der Waals surface area contributed by atoms with Crippen LogP contribution in [0, 0.1) is 12.8 Å². The van der Waals surface area contributed by atoms with Gasteiger partial charge in [-0.2, -0.15) is 0 Å². The fraction of sp³-hybridized carbons (Fsp3) is 0.281. The summed E-state index contributed by atoms with van der Waals surface area (Å²) in [5.74, 6) is 0.633. The van der Waals surface area contributed by atoms with E-state index >= 15 is 0 Å². The normalized spacial score (nSPS) is 12.7. The molecule has 0 aliphatic heterocycles. The Bertz CT molecular complexity index is 1740. The first-order chi connectivity index (χ1) is 16.7. The zero-order valence-corrected chi connectivity index (χ0v) is 22.1. The molecule has 0 radical (unpaired) electrons. The smallest absolute Gasteiger partial charge is 0.144 e. The number of rotatable bonds is 3. The Hall–Kier alpha value is -3.17. The second-order valence-electron chi connectivity index (χ2n) is 11.2. The summed E-state index contributed by atoms with van der Waals surface area (Å²) in [4.78, 5) is 6.38. The number of benzene rings is 3. The van der Waals surface area contributed by atoms with Crippen LogP contribution in [-0.4, -0.2) is 4.98 Å². The molecule has 0 unspecified atom stereocenters. The van der Waals surface area contributed by atoms with Crippen LogP contribution in [0.15, 0.2) is 65.2 Å². The van der Waals surface area contributed by atoms with Gasteiger partial charge in [-0.3, -0.25) is 4.98 Å². The number of pyridine rings is 1. The van der Waals surface area contributed by atoms with Crippen molar-refractivity contribution in [3.63, 3.8) is 0 Å². The highest BCUT2D eigenvalue weighted by Gasteiger charge is 2.22. The van der Waals surface area contributed by atoms with E-state index < -0.39 is 0 Å². The molecular weight excluding hydrogens is 446 g/mol. The number of thiophene rings is 1. The maximum atomic E-state index is 6.58. The summed E-state index contributed by atoms with van der Waals surface area (Å²) in [6.45, 7) is 13.7. The molecule has 0 spiro atoms. The molecule has 6 aromatic rings. The third-order valence-corrected chi connectivity index (χ3v) is 8.36. The second-order valence-corrected chi connectivity index (χ2v) is 12.3. The Morgan fingerprint density at radius 1 is 0.943 bits per heavy atom. The van der Waals surface area contributed by atoms with E-state index in [1.54, 1.807) is 0 Å². The lowest BCUT2D eigenvalue weighted by atomic mass is 9.82. The highest BCUT2D eigenvalue weighted by atomic mass is 32.1. The zero-order chi connectivity index (χ0) is 24.5. The van der Waals surface area contributed by atoms with Crippen molar-refractivity contribution in [2.24, 2.45) is 5.92 Å². The molecule has 6 rings (SSSR count). The van der Waals surface area contributed by atoms with Crippen molar-refractivity contribution in [3.05, 3.63) is 76.8 Å². The molecule has 0 fully saturated rings. The Morgan fingerprint density at radius 3 is 2.51 bits per heavy atom. The van der Waals surface area contributed by atoms with Crippen LogP contribution in [-0.2, 0) is 11.8 Å². The molecule has 0 bridgehead atoms. The minimum atomic E-state index is 0.0226. The lowest BCUT2D eigenvalue weighted by Crippen LogP contribution is -2.12. The van der Waals surface area contributed by atoms with E-state index in [9.17, 15) is 0 Å². The summed E-state index contributed by atoms with van der Waals surface area (Å²) in [5, 5.41) is 6.07. The molecule has 35 heavy (non-hydrogen) atoms. The largest absolute Gasteiger partial charge is 0.455 e. The third kappa shape index (κ3) is 3.56. The third-order valence-electron chi connectivity index (χ3n) is 7.08. The number of hydrogen-bond acceptors (Lipinski definition) is 3. The van der Waals surface area contributed by atoms with Crippen molar-refractivity contribution < 1.29 is 4.42 Å². The van der Waals surface area contributed by atoms with Crippen LogP contribution in [0.2, 0.25) is 0 Å². The van der Waals surface area contributed by atoms with Crippen molar-refractivity contribution in [3.8, 4) is 11.3 Å². The summed E-state index contributed by atoms with van der Waals surface area (Å²) < 4.78 is 7.88. The Morgan fingerprint density at radius 2 is 1.74 bits per heavy atom. The molecule has 3 aromatic carbocycles. The van der Waals surface area contributed by atoms with Crippen LogP contribution in [0.25, 0.3) is 54.1 Å². The first-order valence-electron chi connectivity index (χ1n) is 12.5. The fourth-order valence-corrected chi connectivity index (χ4v) is 6.83. The molecule has 0 saturated heterocycles. The monoisotopic (exact) mass is 477 g/mol. The van der Waals surface area contributed by atoms with Crippen molar-refractivity contribution in [1.82, 2.24) is 4.98 Å². The van der Waals surface area contributed by atoms with Gasteiger partial charge in [0.25, 0.3) is 0 Å². The SMILES string of the molecule is Cc1c(CC(C)C)sc2ccc3c(oc4ccnc(-c5cc(C(C)(C)C)c6ccccc6c5)c43)c12. The van der Waals surface area contributed by atoms with Gasteiger partial charge in [0.05, 0.1) is 11.1 Å². The van der Waals surface area contributed by atoms with E-state index in [-0.39, 0.29) is 5.41 Å². The standard InChI is InChI=1S/C32H31NOS/c1-18(2)15-27-19(3)28-26(35-27)12-11-23-29-25(34-31(23)28)13-14-33-30(29)21-16-20-9-7-8-10-22(20)24(17-21)32(4,5)6/h7-14,16-18H,15H2,1-6H3. The van der Waals surface area contributed by atoms with Crippen LogP contribution >= 0.6 is 11.3 Å². The summed E-state index contributed by atoms with van der Waals surface area (Å²) in [6.07, 6.45) is 2.99. The second kappa shape index (κ2) is 7.93. The lowest BCUT2D eigenvalue weighted by Gasteiger charge is -2.22. The number of nitrogens with zero attached hydrogens (tertiary/aromatic N) is 1. The molecular formula is C32H31NOS. The molecule has 0 amide bonds. The summed E-state index contributed by atoms with van der Waals surface area (Å²) >= 11 is 1.91. The van der Waals surface area contributed by atoms with Gasteiger partial charge in [-0.15, -0.1) is 11.3 Å².